The molecule has 25 heavy (non-hydrogen) atoms. The minimum absolute atomic E-state index is 0.0865. The van der Waals surface area contributed by atoms with Crippen molar-refractivity contribution in [2.75, 3.05) is 0 Å². The Hall–Kier alpha value is -2.46. The molecular formula is C15H16N4O4S2. The van der Waals surface area contributed by atoms with Crippen molar-refractivity contribution in [3.63, 3.8) is 0 Å². The molecule has 8 nitrogen and oxygen atoms in total. The van der Waals surface area contributed by atoms with E-state index in [0.717, 1.165) is 6.42 Å². The van der Waals surface area contributed by atoms with Gasteiger partial charge in [-0.1, -0.05) is 6.92 Å². The van der Waals surface area contributed by atoms with Gasteiger partial charge in [0.15, 0.2) is 0 Å². The average Bonchev–Trinajstić information content (AvgIpc) is 3.15. The number of aryl methyl sites for hydroxylation is 1. The van der Waals surface area contributed by atoms with Crippen LogP contribution in [0.2, 0.25) is 0 Å². The van der Waals surface area contributed by atoms with E-state index in [1.54, 1.807) is 21.5 Å². The molecule has 0 saturated heterocycles. The molecule has 0 spiro atoms. The van der Waals surface area contributed by atoms with E-state index in [1.165, 1.54) is 23.5 Å². The molecule has 0 atom stereocenters. The van der Waals surface area contributed by atoms with Crippen LogP contribution in [0.25, 0.3) is 11.0 Å². The fourth-order valence-electron chi connectivity index (χ4n) is 2.49. The highest BCUT2D eigenvalue weighted by Crippen LogP contribution is 2.17. The predicted molar refractivity (Wildman–Crippen MR) is 94.0 cm³/mol. The number of benzene rings is 1. The molecule has 2 N–H and O–H groups in total. The predicted octanol–water partition coefficient (Wildman–Crippen LogP) is 1.24. The number of aromatic amines is 1. The van der Waals surface area contributed by atoms with Gasteiger partial charge in [0, 0.05) is 11.9 Å². The highest BCUT2D eigenvalue weighted by molar-refractivity contribution is 7.90. The van der Waals surface area contributed by atoms with E-state index in [4.69, 9.17) is 0 Å². The Balaban J connectivity index is 1.87. The number of imidazole rings is 1. The molecule has 0 aliphatic carbocycles. The number of carbonyl (C=O) groups excluding carboxylic acids is 1. The van der Waals surface area contributed by atoms with E-state index in [0.29, 0.717) is 23.3 Å². The Morgan fingerprint density at radius 3 is 2.88 bits per heavy atom. The van der Waals surface area contributed by atoms with Crippen LogP contribution >= 0.6 is 11.3 Å². The molecule has 1 amide bonds. The van der Waals surface area contributed by atoms with Gasteiger partial charge in [-0.3, -0.25) is 9.36 Å². The van der Waals surface area contributed by atoms with E-state index in [9.17, 15) is 18.0 Å². The number of H-pyrrole nitrogens is 1. The molecule has 3 aromatic rings. The van der Waals surface area contributed by atoms with Gasteiger partial charge in [0.1, 0.15) is 0 Å². The van der Waals surface area contributed by atoms with Crippen molar-refractivity contribution >= 4 is 38.3 Å². The summed E-state index contributed by atoms with van der Waals surface area (Å²) < 4.78 is 28.3. The summed E-state index contributed by atoms with van der Waals surface area (Å²) in [5.74, 6) is -0.664. The number of amides is 1. The lowest BCUT2D eigenvalue weighted by molar-refractivity contribution is -0.118. The molecule has 3 rings (SSSR count). The molecule has 0 fully saturated rings. The third-order valence-corrected chi connectivity index (χ3v) is 5.58. The minimum Gasteiger partial charge on any atom is -0.305 e. The van der Waals surface area contributed by atoms with Crippen LogP contribution in [0.1, 0.15) is 19.0 Å². The van der Waals surface area contributed by atoms with Crippen molar-refractivity contribution in [1.82, 2.24) is 19.3 Å². The zero-order valence-electron chi connectivity index (χ0n) is 13.4. The Morgan fingerprint density at radius 2 is 2.20 bits per heavy atom. The van der Waals surface area contributed by atoms with Gasteiger partial charge in [0.05, 0.1) is 33.6 Å². The molecule has 0 bridgehead atoms. The molecule has 0 unspecified atom stereocenters. The van der Waals surface area contributed by atoms with Gasteiger partial charge in [0.2, 0.25) is 5.91 Å². The SMILES string of the molecule is CCCn1c(=O)[nH]c2cc(S(=O)(=O)NC(=O)Cc3cscn3)ccc21. The fraction of sp³-hybridized carbons (Fsp3) is 0.267. The first-order chi connectivity index (χ1) is 11.9. The maximum absolute atomic E-state index is 12.4. The van der Waals surface area contributed by atoms with E-state index >= 15 is 0 Å². The topological polar surface area (TPSA) is 114 Å². The molecule has 0 radical (unpaired) electrons. The molecule has 132 valence electrons. The number of aromatic nitrogens is 3. The number of hydrogen-bond acceptors (Lipinski definition) is 6. The summed E-state index contributed by atoms with van der Waals surface area (Å²) in [4.78, 5) is 30.3. The number of nitrogens with zero attached hydrogens (tertiary/aromatic N) is 2. The molecule has 0 aliphatic rings. The smallest absolute Gasteiger partial charge is 0.305 e. The first-order valence-corrected chi connectivity index (χ1v) is 9.98. The normalized spacial score (nSPS) is 11.7. The minimum atomic E-state index is -4.03. The Labute approximate surface area is 147 Å². The van der Waals surface area contributed by atoms with Gasteiger partial charge < -0.3 is 4.98 Å². The third-order valence-electron chi connectivity index (χ3n) is 3.58. The molecule has 1 aromatic carbocycles. The first-order valence-electron chi connectivity index (χ1n) is 7.56. The van der Waals surface area contributed by atoms with Crippen LogP contribution < -0.4 is 10.4 Å². The van der Waals surface area contributed by atoms with E-state index in [1.807, 2.05) is 11.6 Å². The average molecular weight is 380 g/mol. The number of nitrogens with one attached hydrogen (secondary N) is 2. The van der Waals surface area contributed by atoms with Crippen LogP contribution in [0.15, 0.2) is 38.8 Å². The zero-order valence-corrected chi connectivity index (χ0v) is 15.0. The van der Waals surface area contributed by atoms with E-state index in [-0.39, 0.29) is 17.0 Å². The first kappa shape index (κ1) is 17.4. The number of rotatable bonds is 6. The van der Waals surface area contributed by atoms with Crippen LogP contribution in [-0.2, 0) is 27.8 Å². The zero-order chi connectivity index (χ0) is 18.0. The lowest BCUT2D eigenvalue weighted by atomic mass is 10.3. The highest BCUT2D eigenvalue weighted by Gasteiger charge is 2.19. The second kappa shape index (κ2) is 6.81. The third kappa shape index (κ3) is 3.64. The van der Waals surface area contributed by atoms with Crippen LogP contribution in [-0.4, -0.2) is 28.9 Å². The van der Waals surface area contributed by atoms with Crippen molar-refractivity contribution in [2.45, 2.75) is 31.2 Å². The second-order valence-corrected chi connectivity index (χ2v) is 7.85. The Bertz CT molecular complexity index is 1060. The van der Waals surface area contributed by atoms with Crippen molar-refractivity contribution in [3.05, 3.63) is 45.3 Å². The summed E-state index contributed by atoms with van der Waals surface area (Å²) in [6.45, 7) is 2.48. The van der Waals surface area contributed by atoms with Gasteiger partial charge in [-0.25, -0.2) is 22.9 Å². The maximum atomic E-state index is 12.4. The van der Waals surface area contributed by atoms with Crippen LogP contribution in [0.4, 0.5) is 0 Å². The second-order valence-electron chi connectivity index (χ2n) is 5.45. The van der Waals surface area contributed by atoms with Gasteiger partial charge in [-0.05, 0) is 24.6 Å². The number of fused-ring (bicyclic) bond motifs is 1. The highest BCUT2D eigenvalue weighted by atomic mass is 32.2. The Kier molecular flexibility index (Phi) is 4.73. The summed E-state index contributed by atoms with van der Waals surface area (Å²) in [5, 5.41) is 1.68. The van der Waals surface area contributed by atoms with E-state index in [2.05, 4.69) is 9.97 Å². The quantitative estimate of drug-likeness (QED) is 0.668. The van der Waals surface area contributed by atoms with Crippen molar-refractivity contribution in [2.24, 2.45) is 0 Å². The summed E-state index contributed by atoms with van der Waals surface area (Å²) in [7, 11) is -4.03. The lowest BCUT2D eigenvalue weighted by Crippen LogP contribution is -2.31. The molecule has 10 heteroatoms. The summed E-state index contributed by atoms with van der Waals surface area (Å²) in [6, 6.07) is 4.28. The molecule has 0 aliphatic heterocycles. The van der Waals surface area contributed by atoms with Gasteiger partial charge >= 0.3 is 5.69 Å². The van der Waals surface area contributed by atoms with Crippen LogP contribution in [0.3, 0.4) is 0 Å². The van der Waals surface area contributed by atoms with Crippen LogP contribution in [0.5, 0.6) is 0 Å². The van der Waals surface area contributed by atoms with Gasteiger partial charge in [-0.15, -0.1) is 11.3 Å². The number of carbonyl (C=O) groups is 1. The van der Waals surface area contributed by atoms with Crippen LogP contribution in [0, 0.1) is 0 Å². The van der Waals surface area contributed by atoms with Crippen molar-refractivity contribution in [1.29, 1.82) is 0 Å². The van der Waals surface area contributed by atoms with E-state index < -0.39 is 15.9 Å². The fourth-order valence-corrected chi connectivity index (χ4v) is 4.06. The summed E-state index contributed by atoms with van der Waals surface area (Å²) in [5.41, 5.74) is 2.82. The lowest BCUT2D eigenvalue weighted by Gasteiger charge is -2.07. The largest absolute Gasteiger partial charge is 0.326 e. The van der Waals surface area contributed by atoms with Gasteiger partial charge in [-0.2, -0.15) is 0 Å². The monoisotopic (exact) mass is 380 g/mol. The molecule has 2 aromatic heterocycles. The van der Waals surface area contributed by atoms with Crippen molar-refractivity contribution in [3.8, 4) is 0 Å². The van der Waals surface area contributed by atoms with Gasteiger partial charge in [0.25, 0.3) is 10.0 Å². The number of hydrogen-bond donors (Lipinski definition) is 2. The number of sulfonamides is 1. The molecule has 2 heterocycles. The Morgan fingerprint density at radius 1 is 1.40 bits per heavy atom. The standard InChI is InChI=1S/C15H16N4O4S2/c1-2-5-19-13-4-3-11(7-12(13)17-15(19)21)25(22,23)18-14(20)6-10-8-24-9-16-10/h3-4,7-9H,2,5-6H2,1H3,(H,17,21)(H,18,20). The van der Waals surface area contributed by atoms with Crippen molar-refractivity contribution < 1.29 is 13.2 Å². The molecular weight excluding hydrogens is 364 g/mol. The maximum Gasteiger partial charge on any atom is 0.326 e. The molecule has 0 saturated carbocycles. The summed E-state index contributed by atoms with van der Waals surface area (Å²) >= 11 is 1.33. The number of thiazole rings is 1. The summed E-state index contributed by atoms with van der Waals surface area (Å²) in [6.07, 6.45) is 0.661.